The van der Waals surface area contributed by atoms with Crippen LogP contribution in [0.1, 0.15) is 16.7 Å². The van der Waals surface area contributed by atoms with Gasteiger partial charge in [0, 0.05) is 53.3 Å². The third kappa shape index (κ3) is 4.73. The first-order chi connectivity index (χ1) is 15.8. The quantitative estimate of drug-likeness (QED) is 0.217. The van der Waals surface area contributed by atoms with Gasteiger partial charge in [0.05, 0.1) is 5.56 Å². The van der Waals surface area contributed by atoms with Gasteiger partial charge < -0.3 is 15.7 Å². The normalized spacial score (nSPS) is 17.8. The van der Waals surface area contributed by atoms with Crippen LogP contribution in [0.3, 0.4) is 0 Å². The zero-order valence-electron chi connectivity index (χ0n) is 17.7. The highest BCUT2D eigenvalue weighted by molar-refractivity contribution is 6.30. The zero-order valence-corrected chi connectivity index (χ0v) is 18.5. The fourth-order valence-corrected chi connectivity index (χ4v) is 3.84. The van der Waals surface area contributed by atoms with Gasteiger partial charge in [-0.1, -0.05) is 17.7 Å². The van der Waals surface area contributed by atoms with Gasteiger partial charge in [0.25, 0.3) is 6.43 Å². The van der Waals surface area contributed by atoms with Gasteiger partial charge in [0.2, 0.25) is 11.7 Å². The Hall–Kier alpha value is -3.33. The Morgan fingerprint density at radius 1 is 1.21 bits per heavy atom. The van der Waals surface area contributed by atoms with Crippen LogP contribution in [-0.2, 0) is 0 Å². The topological polar surface area (TPSA) is 83.6 Å². The lowest BCUT2D eigenvalue weighted by Crippen LogP contribution is -2.42. The number of nitrogens with two attached hydrogens (primary N) is 1. The Bertz CT molecular complexity index is 1230. The maximum Gasteiger partial charge on any atom is 0.272 e. The number of quaternary nitrogens is 1. The van der Waals surface area contributed by atoms with Crippen LogP contribution in [0, 0.1) is 5.21 Å². The van der Waals surface area contributed by atoms with Gasteiger partial charge in [-0.15, -0.1) is 0 Å². The minimum absolute atomic E-state index is 0.0204. The number of nitrogen functional groups attached to an aromatic ring is 1. The summed E-state index contributed by atoms with van der Waals surface area (Å²) in [6.07, 6.45) is 0.869. The number of halogens is 3. The zero-order chi connectivity index (χ0) is 23.6. The molecule has 6 nitrogen and oxygen atoms in total. The number of hydroxylamine groups is 1. The van der Waals surface area contributed by atoms with E-state index in [9.17, 15) is 14.0 Å². The summed E-state index contributed by atoms with van der Waals surface area (Å²) in [6, 6.07) is 15.1. The first kappa shape index (κ1) is 22.8. The summed E-state index contributed by atoms with van der Waals surface area (Å²) in [6.45, 7) is -0.785. The largest absolute Gasteiger partial charge is 0.620 e. The number of hydrogen-bond donors (Lipinski definition) is 1. The molecule has 2 aromatic carbocycles. The van der Waals surface area contributed by atoms with Gasteiger partial charge in [-0.05, 0) is 42.0 Å². The van der Waals surface area contributed by atoms with Gasteiger partial charge in [-0.2, -0.15) is 4.98 Å². The number of nitrogens with zero attached hydrogens (tertiary/aromatic N) is 3. The fourth-order valence-electron chi connectivity index (χ4n) is 3.72. The van der Waals surface area contributed by atoms with E-state index in [0.717, 1.165) is 16.7 Å². The van der Waals surface area contributed by atoms with E-state index in [1.54, 1.807) is 49.7 Å². The molecule has 1 aliphatic rings. The van der Waals surface area contributed by atoms with E-state index in [2.05, 4.69) is 9.98 Å². The summed E-state index contributed by atoms with van der Waals surface area (Å²) < 4.78 is 29.4. The average Bonchev–Trinajstić information content (AvgIpc) is 2.79. The van der Waals surface area contributed by atoms with Crippen molar-refractivity contribution in [1.82, 2.24) is 9.63 Å². The highest BCUT2D eigenvalue weighted by atomic mass is 35.5. The van der Waals surface area contributed by atoms with Crippen molar-refractivity contribution in [3.63, 3.8) is 0 Å². The number of hydrogen-bond acceptors (Lipinski definition) is 5. The van der Waals surface area contributed by atoms with Gasteiger partial charge in [-0.3, -0.25) is 9.64 Å². The van der Waals surface area contributed by atoms with Crippen molar-refractivity contribution < 1.29 is 13.5 Å². The van der Waals surface area contributed by atoms with Crippen LogP contribution in [0.5, 0.6) is 5.88 Å². The van der Waals surface area contributed by atoms with E-state index < -0.39 is 17.7 Å². The van der Waals surface area contributed by atoms with Crippen molar-refractivity contribution in [2.24, 2.45) is 4.99 Å². The predicted octanol–water partition coefficient (Wildman–Crippen LogP) is 5.70. The molecule has 3 aromatic rings. The van der Waals surface area contributed by atoms with Gasteiger partial charge in [0.15, 0.2) is 6.61 Å². The lowest BCUT2D eigenvalue weighted by atomic mass is 9.96. The van der Waals surface area contributed by atoms with E-state index in [4.69, 9.17) is 22.1 Å². The molecule has 2 heterocycles. The summed E-state index contributed by atoms with van der Waals surface area (Å²) in [5.41, 5.74) is 9.90. The Morgan fingerprint density at radius 2 is 1.97 bits per heavy atom. The lowest BCUT2D eigenvalue weighted by molar-refractivity contribution is 0.0795. The molecule has 33 heavy (non-hydrogen) atoms. The first-order valence-corrected chi connectivity index (χ1v) is 10.5. The first-order valence-electron chi connectivity index (χ1n) is 10.1. The number of aliphatic imine (C=N–C) groups is 1. The van der Waals surface area contributed by atoms with Crippen molar-refractivity contribution >= 4 is 46.7 Å². The lowest BCUT2D eigenvalue weighted by Gasteiger charge is -2.43. The summed E-state index contributed by atoms with van der Waals surface area (Å²) >= 11 is 6.03. The number of fused-ring (bicyclic) bond motifs is 1. The van der Waals surface area contributed by atoms with Gasteiger partial charge >= 0.3 is 0 Å². The third-order valence-electron chi connectivity index (χ3n) is 5.27. The Balaban J connectivity index is 1.84. The minimum atomic E-state index is -2.65. The van der Waals surface area contributed by atoms with Crippen LogP contribution < -0.4 is 15.1 Å². The molecule has 4 rings (SSSR count). The molecular formula is C24H21ClF2N4O2. The van der Waals surface area contributed by atoms with Crippen LogP contribution >= 0.6 is 11.6 Å². The highest BCUT2D eigenvalue weighted by Gasteiger charge is 2.34. The number of pyridine rings is 1. The van der Waals surface area contributed by atoms with E-state index in [1.807, 2.05) is 18.2 Å². The highest BCUT2D eigenvalue weighted by Crippen LogP contribution is 2.43. The van der Waals surface area contributed by atoms with E-state index in [-0.39, 0.29) is 18.2 Å². The number of alkyl halides is 2. The molecule has 1 atom stereocenters. The molecule has 0 saturated carbocycles. The fraction of sp³-hybridized carbons (Fsp3) is 0.167. The van der Waals surface area contributed by atoms with Gasteiger partial charge in [0.1, 0.15) is 12.2 Å². The van der Waals surface area contributed by atoms with E-state index >= 15 is 0 Å². The Morgan fingerprint density at radius 3 is 2.67 bits per heavy atom. The molecule has 170 valence electrons. The van der Waals surface area contributed by atoms with Crippen LogP contribution in [0.25, 0.3) is 11.6 Å². The third-order valence-corrected chi connectivity index (χ3v) is 5.52. The SMILES string of the molecule is CN=Cc1cc(C2=Cc3ccc(OCC(F)F)nc3[N+]([O-])(c3ccc(Cl)cc3)C2)ccc1N. The van der Waals surface area contributed by atoms with Crippen LogP contribution in [0.15, 0.2) is 59.6 Å². The second-order valence-electron chi connectivity index (χ2n) is 7.54. The predicted molar refractivity (Wildman–Crippen MR) is 129 cm³/mol. The van der Waals surface area contributed by atoms with Crippen molar-refractivity contribution in [3.8, 4) is 5.88 Å². The molecule has 0 fully saturated rings. The number of rotatable bonds is 6. The maximum atomic E-state index is 14.3. The monoisotopic (exact) mass is 470 g/mol. The number of anilines is 1. The minimum Gasteiger partial charge on any atom is -0.620 e. The molecule has 0 bridgehead atoms. The smallest absolute Gasteiger partial charge is 0.272 e. The van der Waals surface area contributed by atoms with Crippen LogP contribution in [-0.4, -0.2) is 37.8 Å². The van der Waals surface area contributed by atoms with Crippen molar-refractivity contribution in [1.29, 1.82) is 0 Å². The standard InChI is InChI=1S/C24H21ClF2N4O2/c1-29-12-17-10-15(2-8-21(17)28)18-11-16-3-9-23(33-14-22(26)27)30-24(16)31(32,13-18)20-6-4-19(25)5-7-20/h2-12,22H,13-14,28H2,1H3. The van der Waals surface area contributed by atoms with Crippen LogP contribution in [0.4, 0.5) is 26.0 Å². The molecular weight excluding hydrogens is 450 g/mol. The molecule has 0 radical (unpaired) electrons. The summed E-state index contributed by atoms with van der Waals surface area (Å²) in [5.74, 6) is 0.116. The molecule has 9 heteroatoms. The summed E-state index contributed by atoms with van der Waals surface area (Å²) in [7, 11) is 1.65. The molecule has 2 N–H and O–H groups in total. The number of ether oxygens (including phenoxy) is 1. The molecule has 0 amide bonds. The van der Waals surface area contributed by atoms with E-state index in [1.165, 1.54) is 6.07 Å². The van der Waals surface area contributed by atoms with E-state index in [0.29, 0.717) is 22.0 Å². The molecule has 1 aliphatic heterocycles. The van der Waals surface area contributed by atoms with Crippen LogP contribution in [0.2, 0.25) is 5.02 Å². The molecule has 1 aromatic heterocycles. The average molecular weight is 471 g/mol. The maximum absolute atomic E-state index is 14.3. The van der Waals surface area contributed by atoms with Crippen molar-refractivity contribution in [3.05, 3.63) is 81.5 Å². The van der Waals surface area contributed by atoms with Crippen molar-refractivity contribution in [2.45, 2.75) is 6.43 Å². The Kier molecular flexibility index (Phi) is 6.42. The molecule has 1 unspecified atom stereocenters. The van der Waals surface area contributed by atoms with Gasteiger partial charge in [-0.25, -0.2) is 8.78 Å². The molecule has 0 saturated heterocycles. The molecule has 0 aliphatic carbocycles. The summed E-state index contributed by atoms with van der Waals surface area (Å²) in [4.78, 5) is 8.34. The Labute approximate surface area is 194 Å². The molecule has 0 spiro atoms. The van der Waals surface area contributed by atoms with Crippen molar-refractivity contribution in [2.75, 3.05) is 25.9 Å². The second kappa shape index (κ2) is 9.27. The number of aromatic nitrogens is 1. The summed E-state index contributed by atoms with van der Waals surface area (Å²) in [5, 5.41) is 14.8. The number of benzene rings is 2. The second-order valence-corrected chi connectivity index (χ2v) is 7.98.